The normalized spacial score (nSPS) is 21.9. The van der Waals surface area contributed by atoms with E-state index in [9.17, 15) is 0 Å². The number of rotatable bonds is 2. The average molecular weight is 253 g/mol. The molecule has 0 aromatic carbocycles. The van der Waals surface area contributed by atoms with E-state index in [-0.39, 0.29) is 0 Å². The van der Waals surface area contributed by atoms with Gasteiger partial charge in [0.25, 0.3) is 0 Å². The third-order valence-corrected chi connectivity index (χ3v) is 4.33. The van der Waals surface area contributed by atoms with E-state index >= 15 is 0 Å². The van der Waals surface area contributed by atoms with E-state index in [1.807, 2.05) is 0 Å². The predicted octanol–water partition coefficient (Wildman–Crippen LogP) is 1.97. The van der Waals surface area contributed by atoms with Crippen molar-refractivity contribution in [3.63, 3.8) is 0 Å². The van der Waals surface area contributed by atoms with Crippen LogP contribution in [0.5, 0.6) is 0 Å². The lowest BCUT2D eigenvalue weighted by molar-refractivity contribution is 0.122. The molecule has 4 nitrogen and oxygen atoms in total. The number of nitrogens with zero attached hydrogens (tertiary/aromatic N) is 3. The molecule has 2 fully saturated rings. The standard InChI is InChI=1S/C12H19N3OS/c1-2-4-14(5-3-1)11-10-17-12(13-11)15-6-8-16-9-7-15/h10H,1-9H2. The second kappa shape index (κ2) is 5.23. The molecule has 1 aromatic heterocycles. The van der Waals surface area contributed by atoms with Crippen LogP contribution in [0.2, 0.25) is 0 Å². The summed E-state index contributed by atoms with van der Waals surface area (Å²) in [6.45, 7) is 5.97. The van der Waals surface area contributed by atoms with E-state index in [1.165, 1.54) is 38.2 Å². The molecule has 2 aliphatic rings. The summed E-state index contributed by atoms with van der Waals surface area (Å²) in [5.41, 5.74) is 0. The quantitative estimate of drug-likeness (QED) is 0.805. The lowest BCUT2D eigenvalue weighted by atomic mass is 10.1. The predicted molar refractivity (Wildman–Crippen MR) is 71.2 cm³/mol. The Morgan fingerprint density at radius 1 is 1.00 bits per heavy atom. The minimum atomic E-state index is 0.832. The molecule has 0 unspecified atom stereocenters. The number of anilines is 2. The smallest absolute Gasteiger partial charge is 0.187 e. The molecule has 94 valence electrons. The van der Waals surface area contributed by atoms with Crippen molar-refractivity contribution in [2.75, 3.05) is 49.2 Å². The number of hydrogen-bond donors (Lipinski definition) is 0. The van der Waals surface area contributed by atoms with Gasteiger partial charge >= 0.3 is 0 Å². The molecule has 1 aromatic rings. The van der Waals surface area contributed by atoms with Crippen LogP contribution in [0.15, 0.2) is 5.38 Å². The van der Waals surface area contributed by atoms with E-state index in [2.05, 4.69) is 15.2 Å². The van der Waals surface area contributed by atoms with Crippen LogP contribution >= 0.6 is 11.3 Å². The van der Waals surface area contributed by atoms with Crippen LogP contribution in [-0.4, -0.2) is 44.4 Å². The highest BCUT2D eigenvalue weighted by Crippen LogP contribution is 2.28. The van der Waals surface area contributed by atoms with Crippen molar-refractivity contribution in [3.05, 3.63) is 5.38 Å². The molecular formula is C12H19N3OS. The monoisotopic (exact) mass is 253 g/mol. The lowest BCUT2D eigenvalue weighted by Gasteiger charge is -2.28. The van der Waals surface area contributed by atoms with Crippen molar-refractivity contribution >= 4 is 22.3 Å². The lowest BCUT2D eigenvalue weighted by Crippen LogP contribution is -2.36. The minimum absolute atomic E-state index is 0.832. The highest BCUT2D eigenvalue weighted by molar-refractivity contribution is 7.14. The first kappa shape index (κ1) is 11.3. The van der Waals surface area contributed by atoms with Crippen molar-refractivity contribution < 1.29 is 4.74 Å². The molecule has 3 heterocycles. The van der Waals surface area contributed by atoms with Gasteiger partial charge in [0, 0.05) is 31.6 Å². The van der Waals surface area contributed by atoms with Gasteiger partial charge in [0.2, 0.25) is 0 Å². The summed E-state index contributed by atoms with van der Waals surface area (Å²) in [6.07, 6.45) is 3.99. The fourth-order valence-electron chi connectivity index (χ4n) is 2.42. The largest absolute Gasteiger partial charge is 0.378 e. The third kappa shape index (κ3) is 2.55. The van der Waals surface area contributed by atoms with Crippen molar-refractivity contribution in [1.29, 1.82) is 0 Å². The Kier molecular flexibility index (Phi) is 3.47. The first-order chi connectivity index (χ1) is 8.43. The van der Waals surface area contributed by atoms with Gasteiger partial charge in [-0.25, -0.2) is 4.98 Å². The maximum Gasteiger partial charge on any atom is 0.187 e. The van der Waals surface area contributed by atoms with E-state index in [0.29, 0.717) is 0 Å². The molecule has 17 heavy (non-hydrogen) atoms. The van der Waals surface area contributed by atoms with E-state index in [1.54, 1.807) is 11.3 Å². The maximum absolute atomic E-state index is 5.37. The van der Waals surface area contributed by atoms with Gasteiger partial charge in [-0.05, 0) is 19.3 Å². The molecule has 3 rings (SSSR count). The summed E-state index contributed by atoms with van der Waals surface area (Å²) < 4.78 is 5.37. The van der Waals surface area contributed by atoms with Crippen molar-refractivity contribution in [2.24, 2.45) is 0 Å². The Balaban J connectivity index is 1.68. The van der Waals surface area contributed by atoms with Crippen LogP contribution in [0.25, 0.3) is 0 Å². The Bertz CT molecular complexity index is 324. The van der Waals surface area contributed by atoms with Crippen LogP contribution in [0, 0.1) is 0 Å². The van der Waals surface area contributed by atoms with Crippen molar-refractivity contribution in [3.8, 4) is 0 Å². The molecule has 2 saturated heterocycles. The Morgan fingerprint density at radius 3 is 2.53 bits per heavy atom. The molecule has 0 N–H and O–H groups in total. The molecule has 5 heteroatoms. The van der Waals surface area contributed by atoms with Crippen LogP contribution in [0.4, 0.5) is 10.9 Å². The summed E-state index contributed by atoms with van der Waals surface area (Å²) >= 11 is 1.77. The number of hydrogen-bond acceptors (Lipinski definition) is 5. The zero-order valence-corrected chi connectivity index (χ0v) is 10.9. The van der Waals surface area contributed by atoms with Gasteiger partial charge in [-0.1, -0.05) is 0 Å². The summed E-state index contributed by atoms with van der Waals surface area (Å²) in [4.78, 5) is 9.53. The molecule has 2 aliphatic heterocycles. The van der Waals surface area contributed by atoms with Crippen LogP contribution in [-0.2, 0) is 4.74 Å². The molecule has 0 atom stereocenters. The highest BCUT2D eigenvalue weighted by atomic mass is 32.1. The second-order valence-corrected chi connectivity index (χ2v) is 5.47. The van der Waals surface area contributed by atoms with Gasteiger partial charge in [-0.2, -0.15) is 0 Å². The average Bonchev–Trinajstić information content (AvgIpc) is 2.90. The molecule has 0 bridgehead atoms. The Labute approximate surface area is 106 Å². The van der Waals surface area contributed by atoms with Crippen molar-refractivity contribution in [2.45, 2.75) is 19.3 Å². The van der Waals surface area contributed by atoms with Crippen molar-refractivity contribution in [1.82, 2.24) is 4.98 Å². The molecule has 0 spiro atoms. The summed E-state index contributed by atoms with van der Waals surface area (Å²) in [5.74, 6) is 1.18. The van der Waals surface area contributed by atoms with Gasteiger partial charge in [-0.15, -0.1) is 11.3 Å². The number of thiazole rings is 1. The highest BCUT2D eigenvalue weighted by Gasteiger charge is 2.18. The zero-order chi connectivity index (χ0) is 11.5. The van der Waals surface area contributed by atoms with Crippen LogP contribution < -0.4 is 9.80 Å². The van der Waals surface area contributed by atoms with Gasteiger partial charge < -0.3 is 14.5 Å². The second-order valence-electron chi connectivity index (χ2n) is 4.64. The van der Waals surface area contributed by atoms with Gasteiger partial charge in [0.15, 0.2) is 5.13 Å². The SMILES string of the molecule is c1sc(N2CCOCC2)nc1N1CCCCC1. The first-order valence-electron chi connectivity index (χ1n) is 6.47. The van der Waals surface area contributed by atoms with Crippen LogP contribution in [0.1, 0.15) is 19.3 Å². The summed E-state index contributed by atoms with van der Waals surface area (Å²) in [6, 6.07) is 0. The summed E-state index contributed by atoms with van der Waals surface area (Å²) in [7, 11) is 0. The topological polar surface area (TPSA) is 28.6 Å². The molecular weight excluding hydrogens is 234 g/mol. The third-order valence-electron chi connectivity index (χ3n) is 3.44. The van der Waals surface area contributed by atoms with E-state index in [4.69, 9.17) is 9.72 Å². The fourth-order valence-corrected chi connectivity index (χ4v) is 3.31. The first-order valence-corrected chi connectivity index (χ1v) is 7.34. The molecule has 0 amide bonds. The molecule has 0 saturated carbocycles. The fraction of sp³-hybridized carbons (Fsp3) is 0.750. The Morgan fingerprint density at radius 2 is 1.76 bits per heavy atom. The van der Waals surface area contributed by atoms with Gasteiger partial charge in [0.05, 0.1) is 13.2 Å². The molecule has 0 radical (unpaired) electrons. The minimum Gasteiger partial charge on any atom is -0.378 e. The number of morpholine rings is 1. The van der Waals surface area contributed by atoms with Gasteiger partial charge in [-0.3, -0.25) is 0 Å². The van der Waals surface area contributed by atoms with Crippen LogP contribution in [0.3, 0.4) is 0 Å². The zero-order valence-electron chi connectivity index (χ0n) is 10.1. The Hall–Kier alpha value is -0.810. The van der Waals surface area contributed by atoms with E-state index < -0.39 is 0 Å². The number of aromatic nitrogens is 1. The van der Waals surface area contributed by atoms with E-state index in [0.717, 1.165) is 31.4 Å². The summed E-state index contributed by atoms with van der Waals surface area (Å²) in [5, 5.41) is 3.37. The number of ether oxygens (including phenoxy) is 1. The molecule has 0 aliphatic carbocycles. The maximum atomic E-state index is 5.37. The van der Waals surface area contributed by atoms with Gasteiger partial charge in [0.1, 0.15) is 5.82 Å². The number of piperidine rings is 1.